The van der Waals surface area contributed by atoms with Crippen molar-refractivity contribution in [2.45, 2.75) is 6.92 Å². The summed E-state index contributed by atoms with van der Waals surface area (Å²) in [5, 5.41) is 10.5. The van der Waals surface area contributed by atoms with Crippen LogP contribution in [0.5, 0.6) is 5.75 Å². The molecule has 72 valence electrons. The van der Waals surface area contributed by atoms with E-state index in [0.29, 0.717) is 5.69 Å². The zero-order valence-electron chi connectivity index (χ0n) is 8.11. The number of ketones is 1. The minimum atomic E-state index is -0.124. The molecule has 0 spiro atoms. The van der Waals surface area contributed by atoms with Crippen molar-refractivity contribution in [3.63, 3.8) is 0 Å². The summed E-state index contributed by atoms with van der Waals surface area (Å²) in [4.78, 5) is 11.3. The second-order valence-electron chi connectivity index (χ2n) is 3.33. The molecule has 0 radical (unpaired) electrons. The molecule has 0 saturated carbocycles. The predicted molar refractivity (Wildman–Crippen MR) is 54.6 cm³/mol. The molecule has 0 aliphatic heterocycles. The van der Waals surface area contributed by atoms with Crippen molar-refractivity contribution in [3.05, 3.63) is 30.0 Å². The van der Waals surface area contributed by atoms with Gasteiger partial charge < -0.3 is 9.67 Å². The van der Waals surface area contributed by atoms with Crippen molar-refractivity contribution in [2.24, 2.45) is 7.05 Å². The minimum absolute atomic E-state index is 0.0793. The molecule has 3 nitrogen and oxygen atoms in total. The normalized spacial score (nSPS) is 10.7. The average Bonchev–Trinajstić information content (AvgIpc) is 2.41. The Kier molecular flexibility index (Phi) is 1.81. The number of aryl methyl sites for hydroxylation is 1. The first kappa shape index (κ1) is 8.81. The number of nitrogens with zero attached hydrogens (tertiary/aromatic N) is 1. The predicted octanol–water partition coefficient (Wildman–Crippen LogP) is 2.09. The molecule has 14 heavy (non-hydrogen) atoms. The van der Waals surface area contributed by atoms with E-state index in [1.165, 1.54) is 6.92 Å². The summed E-state index contributed by atoms with van der Waals surface area (Å²) in [6.07, 6.45) is 0. The molecule has 1 aromatic heterocycles. The van der Waals surface area contributed by atoms with Crippen LogP contribution in [0.15, 0.2) is 24.3 Å². The lowest BCUT2D eigenvalue weighted by Gasteiger charge is -1.98. The van der Waals surface area contributed by atoms with Crippen LogP contribution in [0.2, 0.25) is 0 Å². The van der Waals surface area contributed by atoms with Crippen LogP contribution in [0, 0.1) is 0 Å². The molecule has 1 heterocycles. The number of para-hydroxylation sites is 1. The van der Waals surface area contributed by atoms with Crippen molar-refractivity contribution in [1.29, 1.82) is 0 Å². The third-order valence-electron chi connectivity index (χ3n) is 2.41. The molecule has 0 amide bonds. The number of fused-ring (bicyclic) bond motifs is 1. The number of benzene rings is 1. The number of carbonyl (C=O) groups is 1. The highest BCUT2D eigenvalue weighted by atomic mass is 16.3. The number of aromatic nitrogens is 1. The van der Waals surface area contributed by atoms with Gasteiger partial charge >= 0.3 is 0 Å². The van der Waals surface area contributed by atoms with E-state index in [0.717, 1.165) is 10.9 Å². The summed E-state index contributed by atoms with van der Waals surface area (Å²) in [5.74, 6) is -0.0446. The quantitative estimate of drug-likeness (QED) is 0.698. The fraction of sp³-hybridized carbons (Fsp3) is 0.182. The van der Waals surface area contributed by atoms with Gasteiger partial charge in [-0.15, -0.1) is 0 Å². The van der Waals surface area contributed by atoms with E-state index in [9.17, 15) is 9.90 Å². The van der Waals surface area contributed by atoms with Gasteiger partial charge in [-0.05, 0) is 12.1 Å². The third-order valence-corrected chi connectivity index (χ3v) is 2.41. The standard InChI is InChI=1S/C11H11NO2/c1-7(13)10-11(14)8-5-3-4-6-9(8)12(10)2/h3-6,14H,1-2H3. The highest BCUT2D eigenvalue weighted by Gasteiger charge is 2.16. The topological polar surface area (TPSA) is 42.2 Å². The van der Waals surface area contributed by atoms with Crippen LogP contribution in [-0.2, 0) is 7.05 Å². The molecule has 0 saturated heterocycles. The van der Waals surface area contributed by atoms with E-state index in [2.05, 4.69) is 0 Å². The van der Waals surface area contributed by atoms with E-state index < -0.39 is 0 Å². The van der Waals surface area contributed by atoms with Crippen LogP contribution < -0.4 is 0 Å². The Morgan fingerprint density at radius 3 is 2.57 bits per heavy atom. The fourth-order valence-electron chi connectivity index (χ4n) is 1.78. The largest absolute Gasteiger partial charge is 0.505 e. The van der Waals surface area contributed by atoms with Gasteiger partial charge in [0.15, 0.2) is 11.5 Å². The molecule has 0 aliphatic rings. The van der Waals surface area contributed by atoms with Gasteiger partial charge in [-0.1, -0.05) is 12.1 Å². The fourth-order valence-corrected chi connectivity index (χ4v) is 1.78. The van der Waals surface area contributed by atoms with Gasteiger partial charge in [0.05, 0.1) is 5.52 Å². The molecular weight excluding hydrogens is 178 g/mol. The lowest BCUT2D eigenvalue weighted by atomic mass is 10.2. The summed E-state index contributed by atoms with van der Waals surface area (Å²) in [7, 11) is 1.78. The lowest BCUT2D eigenvalue weighted by molar-refractivity contribution is 0.100. The Morgan fingerprint density at radius 1 is 1.36 bits per heavy atom. The summed E-state index contributed by atoms with van der Waals surface area (Å²) in [6.45, 7) is 1.45. The molecule has 1 aromatic carbocycles. The van der Waals surface area contributed by atoms with Gasteiger partial charge in [0.25, 0.3) is 0 Å². The van der Waals surface area contributed by atoms with Gasteiger partial charge in [-0.25, -0.2) is 0 Å². The van der Waals surface area contributed by atoms with E-state index in [1.54, 1.807) is 17.7 Å². The molecule has 0 bridgehead atoms. The number of hydrogen-bond donors (Lipinski definition) is 1. The molecule has 3 heteroatoms. The van der Waals surface area contributed by atoms with Crippen molar-refractivity contribution in [2.75, 3.05) is 0 Å². The minimum Gasteiger partial charge on any atom is -0.505 e. The Hall–Kier alpha value is -1.77. The Labute approximate surface area is 81.6 Å². The molecule has 0 aliphatic carbocycles. The van der Waals surface area contributed by atoms with Crippen molar-refractivity contribution < 1.29 is 9.90 Å². The first-order valence-electron chi connectivity index (χ1n) is 4.40. The molecule has 2 aromatic rings. The monoisotopic (exact) mass is 189 g/mol. The maximum atomic E-state index is 11.3. The number of hydrogen-bond acceptors (Lipinski definition) is 2. The molecular formula is C11H11NO2. The SMILES string of the molecule is CC(=O)c1c(O)c2ccccc2n1C. The molecule has 1 N–H and O–H groups in total. The number of aromatic hydroxyl groups is 1. The van der Waals surface area contributed by atoms with E-state index >= 15 is 0 Å². The van der Waals surface area contributed by atoms with Crippen LogP contribution in [0.25, 0.3) is 10.9 Å². The Balaban J connectivity index is 2.92. The summed E-state index contributed by atoms with van der Waals surface area (Å²) < 4.78 is 1.72. The highest BCUT2D eigenvalue weighted by molar-refractivity contribution is 6.03. The second kappa shape index (κ2) is 2.87. The van der Waals surface area contributed by atoms with Crippen LogP contribution in [-0.4, -0.2) is 15.5 Å². The molecule has 0 fully saturated rings. The maximum absolute atomic E-state index is 11.3. The highest BCUT2D eigenvalue weighted by Crippen LogP contribution is 2.31. The van der Waals surface area contributed by atoms with Gasteiger partial charge in [-0.3, -0.25) is 4.79 Å². The van der Waals surface area contributed by atoms with Gasteiger partial charge in [0.2, 0.25) is 0 Å². The first-order valence-corrected chi connectivity index (χ1v) is 4.40. The number of Topliss-reactive ketones (excluding diaryl/α,β-unsaturated/α-hetero) is 1. The zero-order chi connectivity index (χ0) is 10.3. The number of rotatable bonds is 1. The van der Waals surface area contributed by atoms with Crippen molar-refractivity contribution in [3.8, 4) is 5.75 Å². The second-order valence-corrected chi connectivity index (χ2v) is 3.33. The summed E-state index contributed by atoms with van der Waals surface area (Å²) in [6, 6.07) is 7.40. The van der Waals surface area contributed by atoms with Gasteiger partial charge in [-0.2, -0.15) is 0 Å². The van der Waals surface area contributed by atoms with Gasteiger partial charge in [0, 0.05) is 19.4 Å². The van der Waals surface area contributed by atoms with Gasteiger partial charge in [0.1, 0.15) is 5.69 Å². The Morgan fingerprint density at radius 2 is 2.00 bits per heavy atom. The van der Waals surface area contributed by atoms with Crippen LogP contribution in [0.4, 0.5) is 0 Å². The first-order chi connectivity index (χ1) is 6.63. The maximum Gasteiger partial charge on any atom is 0.179 e. The lowest BCUT2D eigenvalue weighted by Crippen LogP contribution is -2.01. The summed E-state index contributed by atoms with van der Waals surface area (Å²) in [5.41, 5.74) is 1.24. The third kappa shape index (κ3) is 1.02. The molecule has 0 atom stereocenters. The van der Waals surface area contributed by atoms with Crippen LogP contribution in [0.1, 0.15) is 17.4 Å². The Bertz CT molecular complexity index is 472. The number of carbonyl (C=O) groups excluding carboxylic acids is 1. The van der Waals surface area contributed by atoms with Crippen molar-refractivity contribution >= 4 is 16.7 Å². The van der Waals surface area contributed by atoms with E-state index in [4.69, 9.17) is 0 Å². The van der Waals surface area contributed by atoms with E-state index in [1.807, 2.05) is 18.2 Å². The average molecular weight is 189 g/mol. The van der Waals surface area contributed by atoms with E-state index in [-0.39, 0.29) is 11.5 Å². The smallest absolute Gasteiger partial charge is 0.179 e. The molecule has 0 unspecified atom stereocenters. The van der Waals surface area contributed by atoms with Crippen LogP contribution in [0.3, 0.4) is 0 Å². The zero-order valence-corrected chi connectivity index (χ0v) is 8.11. The van der Waals surface area contributed by atoms with Crippen molar-refractivity contribution in [1.82, 2.24) is 4.57 Å². The summed E-state index contributed by atoms with van der Waals surface area (Å²) >= 11 is 0. The van der Waals surface area contributed by atoms with Crippen LogP contribution >= 0.6 is 0 Å². The molecule has 2 rings (SSSR count).